The highest BCUT2D eigenvalue weighted by molar-refractivity contribution is 6.17. The van der Waals surface area contributed by atoms with Gasteiger partial charge in [0.1, 0.15) is 5.69 Å². The molecule has 0 saturated heterocycles. The minimum absolute atomic E-state index is 0.210. The summed E-state index contributed by atoms with van der Waals surface area (Å²) in [4.78, 5) is 23.5. The summed E-state index contributed by atoms with van der Waals surface area (Å²) in [6, 6.07) is 13.7. The van der Waals surface area contributed by atoms with Crippen LogP contribution in [0.4, 0.5) is 10.5 Å². The van der Waals surface area contributed by atoms with Crippen LogP contribution in [0.2, 0.25) is 0 Å². The van der Waals surface area contributed by atoms with Crippen molar-refractivity contribution in [3.05, 3.63) is 71.5 Å². The molecule has 2 N–H and O–H groups in total. The number of amides is 2. The molecule has 0 aliphatic rings. The van der Waals surface area contributed by atoms with Gasteiger partial charge < -0.3 is 15.4 Å². The van der Waals surface area contributed by atoms with E-state index in [1.54, 1.807) is 47.3 Å². The lowest BCUT2D eigenvalue weighted by Crippen LogP contribution is -2.28. The molecule has 0 atom stereocenters. The number of alkyl halides is 1. The van der Waals surface area contributed by atoms with Crippen molar-refractivity contribution >= 4 is 29.3 Å². The summed E-state index contributed by atoms with van der Waals surface area (Å²) >= 11 is 5.79. The van der Waals surface area contributed by atoms with E-state index < -0.39 is 5.97 Å². The Morgan fingerprint density at radius 3 is 2.68 bits per heavy atom. The number of benzene rings is 2. The van der Waals surface area contributed by atoms with E-state index in [1.165, 1.54) is 7.11 Å². The van der Waals surface area contributed by atoms with Crippen LogP contribution in [-0.2, 0) is 17.2 Å². The van der Waals surface area contributed by atoms with E-state index in [0.717, 1.165) is 11.3 Å². The number of carbonyl (C=O) groups is 2. The summed E-state index contributed by atoms with van der Waals surface area (Å²) in [5, 5.41) is 13.5. The molecular formula is C19H18ClN5O3. The molecule has 0 spiro atoms. The van der Waals surface area contributed by atoms with Crippen LogP contribution < -0.4 is 10.6 Å². The van der Waals surface area contributed by atoms with E-state index in [4.69, 9.17) is 11.6 Å². The van der Waals surface area contributed by atoms with E-state index in [1.807, 2.05) is 12.1 Å². The highest BCUT2D eigenvalue weighted by Gasteiger charge is 2.08. The summed E-state index contributed by atoms with van der Waals surface area (Å²) < 4.78 is 6.22. The first-order valence-electron chi connectivity index (χ1n) is 8.39. The molecule has 0 saturated carbocycles. The molecule has 0 aliphatic heterocycles. The van der Waals surface area contributed by atoms with E-state index >= 15 is 0 Å². The molecule has 9 heteroatoms. The third kappa shape index (κ3) is 4.86. The minimum atomic E-state index is -0.405. The number of rotatable bonds is 6. The van der Waals surface area contributed by atoms with Gasteiger partial charge in [0.2, 0.25) is 0 Å². The van der Waals surface area contributed by atoms with Crippen LogP contribution >= 0.6 is 11.6 Å². The second-order valence-electron chi connectivity index (χ2n) is 5.83. The molecule has 28 heavy (non-hydrogen) atoms. The van der Waals surface area contributed by atoms with Gasteiger partial charge in [0.15, 0.2) is 0 Å². The molecule has 2 amide bonds. The van der Waals surface area contributed by atoms with Crippen LogP contribution in [0, 0.1) is 0 Å². The van der Waals surface area contributed by atoms with E-state index in [2.05, 4.69) is 25.7 Å². The Labute approximate surface area is 166 Å². The normalized spacial score (nSPS) is 10.4. The summed E-state index contributed by atoms with van der Waals surface area (Å²) in [7, 11) is 1.33. The minimum Gasteiger partial charge on any atom is -0.465 e. The van der Waals surface area contributed by atoms with Crippen LogP contribution in [0.15, 0.2) is 54.7 Å². The summed E-state index contributed by atoms with van der Waals surface area (Å²) in [5.41, 5.74) is 3.34. The van der Waals surface area contributed by atoms with Gasteiger partial charge in [-0.3, -0.25) is 0 Å². The topological polar surface area (TPSA) is 98.1 Å². The molecule has 2 aromatic carbocycles. The molecule has 1 heterocycles. The highest BCUT2D eigenvalue weighted by atomic mass is 35.5. The lowest BCUT2D eigenvalue weighted by molar-refractivity contribution is 0.0600. The fraction of sp³-hybridized carbons (Fsp3) is 0.158. The zero-order valence-electron chi connectivity index (χ0n) is 15.1. The maximum absolute atomic E-state index is 12.0. The molecule has 8 nitrogen and oxygen atoms in total. The lowest BCUT2D eigenvalue weighted by Gasteiger charge is -2.07. The van der Waals surface area contributed by atoms with Crippen molar-refractivity contribution in [3.8, 4) is 5.69 Å². The molecular weight excluding hydrogens is 382 g/mol. The maximum atomic E-state index is 12.0. The van der Waals surface area contributed by atoms with Gasteiger partial charge in [-0.2, -0.15) is 0 Å². The van der Waals surface area contributed by atoms with Crippen molar-refractivity contribution in [1.82, 2.24) is 20.3 Å². The van der Waals surface area contributed by atoms with E-state index in [0.29, 0.717) is 22.8 Å². The summed E-state index contributed by atoms with van der Waals surface area (Å²) in [6.45, 7) is 0.210. The Bertz CT molecular complexity index is 972. The van der Waals surface area contributed by atoms with Crippen LogP contribution in [-0.4, -0.2) is 34.1 Å². The number of hydrogen-bond acceptors (Lipinski definition) is 5. The van der Waals surface area contributed by atoms with Crippen LogP contribution in [0.1, 0.15) is 21.6 Å². The number of nitrogens with one attached hydrogen (secondary N) is 2. The van der Waals surface area contributed by atoms with Gasteiger partial charge in [0.05, 0.1) is 31.1 Å². The number of esters is 1. The van der Waals surface area contributed by atoms with Crippen molar-refractivity contribution in [2.45, 2.75) is 12.4 Å². The smallest absolute Gasteiger partial charge is 0.337 e. The zero-order chi connectivity index (χ0) is 19.9. The first kappa shape index (κ1) is 19.4. The Kier molecular flexibility index (Phi) is 6.23. The fourth-order valence-corrected chi connectivity index (χ4v) is 2.62. The van der Waals surface area contributed by atoms with E-state index in [-0.39, 0.29) is 12.6 Å². The Morgan fingerprint density at radius 2 is 1.96 bits per heavy atom. The number of ether oxygens (including phenoxy) is 1. The molecule has 0 unspecified atom stereocenters. The Balaban J connectivity index is 1.57. The monoisotopic (exact) mass is 399 g/mol. The zero-order valence-corrected chi connectivity index (χ0v) is 15.8. The number of nitrogens with zero attached hydrogens (tertiary/aromatic N) is 3. The second-order valence-corrected chi connectivity index (χ2v) is 6.10. The Morgan fingerprint density at radius 1 is 1.18 bits per heavy atom. The quantitative estimate of drug-likeness (QED) is 0.490. The molecule has 144 valence electrons. The fourth-order valence-electron chi connectivity index (χ4n) is 2.45. The lowest BCUT2D eigenvalue weighted by atomic mass is 10.2. The van der Waals surface area contributed by atoms with Crippen molar-refractivity contribution < 1.29 is 14.3 Å². The molecule has 0 bridgehead atoms. The van der Waals surface area contributed by atoms with Gasteiger partial charge in [-0.25, -0.2) is 14.3 Å². The molecule has 1 aromatic heterocycles. The maximum Gasteiger partial charge on any atom is 0.337 e. The number of aromatic nitrogens is 3. The highest BCUT2D eigenvalue weighted by Crippen LogP contribution is 2.13. The predicted molar refractivity (Wildman–Crippen MR) is 105 cm³/mol. The van der Waals surface area contributed by atoms with Crippen LogP contribution in [0.3, 0.4) is 0 Å². The average molecular weight is 400 g/mol. The van der Waals surface area contributed by atoms with Gasteiger partial charge in [0.25, 0.3) is 0 Å². The molecule has 3 rings (SSSR count). The van der Waals surface area contributed by atoms with Gasteiger partial charge in [-0.1, -0.05) is 17.3 Å². The second kappa shape index (κ2) is 9.01. The number of anilines is 1. The molecule has 0 fully saturated rings. The van der Waals surface area contributed by atoms with Crippen LogP contribution in [0.25, 0.3) is 5.69 Å². The number of hydrogen-bond donors (Lipinski definition) is 2. The number of methoxy groups -OCH3 is 1. The number of urea groups is 1. The van der Waals surface area contributed by atoms with Crippen molar-refractivity contribution in [2.24, 2.45) is 0 Å². The van der Waals surface area contributed by atoms with Crippen molar-refractivity contribution in [3.63, 3.8) is 0 Å². The average Bonchev–Trinajstić information content (AvgIpc) is 3.21. The third-order valence-corrected chi connectivity index (χ3v) is 4.17. The molecule has 3 aromatic rings. The van der Waals surface area contributed by atoms with Gasteiger partial charge in [0, 0.05) is 11.6 Å². The largest absolute Gasteiger partial charge is 0.465 e. The third-order valence-electron chi connectivity index (χ3n) is 3.86. The Hall–Kier alpha value is -3.39. The van der Waals surface area contributed by atoms with Crippen molar-refractivity contribution in [1.29, 1.82) is 0 Å². The number of halogens is 1. The first-order chi connectivity index (χ1) is 13.6. The summed E-state index contributed by atoms with van der Waals surface area (Å²) in [6.07, 6.45) is 1.70. The van der Waals surface area contributed by atoms with E-state index in [9.17, 15) is 9.59 Å². The first-order valence-corrected chi connectivity index (χ1v) is 8.92. The predicted octanol–water partition coefficient (Wildman–Crippen LogP) is 3.11. The van der Waals surface area contributed by atoms with Gasteiger partial charge in [-0.05, 0) is 42.0 Å². The summed E-state index contributed by atoms with van der Waals surface area (Å²) in [5.74, 6) is -0.0291. The number of carbonyl (C=O) groups excluding carboxylic acids is 2. The standard InChI is InChI=1S/C19H18ClN5O3/c1-28-18(26)14-5-7-17(8-6-14)25-12-16(23-24-25)11-21-19(27)22-15-4-2-3-13(9-15)10-20/h2-9,12H,10-11H2,1H3,(H2,21,22,27). The van der Waals surface area contributed by atoms with Crippen molar-refractivity contribution in [2.75, 3.05) is 12.4 Å². The SMILES string of the molecule is COC(=O)c1ccc(-n2cc(CNC(=O)Nc3cccc(CCl)c3)nn2)cc1. The van der Waals surface area contributed by atoms with Gasteiger partial charge >= 0.3 is 12.0 Å². The van der Waals surface area contributed by atoms with Crippen LogP contribution in [0.5, 0.6) is 0 Å². The molecule has 0 radical (unpaired) electrons. The van der Waals surface area contributed by atoms with Gasteiger partial charge in [-0.15, -0.1) is 16.7 Å². The molecule has 0 aliphatic carbocycles.